The van der Waals surface area contributed by atoms with Crippen molar-refractivity contribution in [3.8, 4) is 0 Å². The predicted molar refractivity (Wildman–Crippen MR) is 63.8 cm³/mol. The molecule has 0 unspecified atom stereocenters. The predicted octanol–water partition coefficient (Wildman–Crippen LogP) is -1.06. The zero-order valence-electron chi connectivity index (χ0n) is 9.30. The molecule has 0 aliphatic heterocycles. The van der Waals surface area contributed by atoms with Crippen LogP contribution in [0.4, 0.5) is 5.69 Å². The minimum absolute atomic E-state index is 0.0176. The number of anilines is 1. The molecule has 4 N–H and O–H groups in total. The van der Waals surface area contributed by atoms with Crippen molar-refractivity contribution in [2.75, 3.05) is 25.1 Å². The lowest BCUT2D eigenvalue weighted by atomic mass is 10.2. The normalized spacial score (nSPS) is 11.1. The largest absolute Gasteiger partial charge is 0.397 e. The number of amides is 1. The third-order valence-electron chi connectivity index (χ3n) is 2.06. The van der Waals surface area contributed by atoms with Crippen LogP contribution in [-0.2, 0) is 10.0 Å². The second-order valence-corrected chi connectivity index (χ2v) is 5.29. The Morgan fingerprint density at radius 3 is 2.82 bits per heavy atom. The minimum Gasteiger partial charge on any atom is -0.397 e. The van der Waals surface area contributed by atoms with Gasteiger partial charge in [-0.25, -0.2) is 13.1 Å². The van der Waals surface area contributed by atoms with Crippen molar-refractivity contribution in [1.82, 2.24) is 15.0 Å². The Labute approximate surface area is 99.5 Å². The highest BCUT2D eigenvalue weighted by atomic mass is 32.2. The average Bonchev–Trinajstić information content (AvgIpc) is 2.29. The number of hydrogen-bond acceptors (Lipinski definition) is 5. The van der Waals surface area contributed by atoms with Gasteiger partial charge in [0.1, 0.15) is 0 Å². The van der Waals surface area contributed by atoms with Crippen LogP contribution in [0.3, 0.4) is 0 Å². The van der Waals surface area contributed by atoms with Crippen LogP contribution in [0.25, 0.3) is 0 Å². The van der Waals surface area contributed by atoms with Crippen molar-refractivity contribution >= 4 is 21.6 Å². The summed E-state index contributed by atoms with van der Waals surface area (Å²) in [4.78, 5) is 15.4. The van der Waals surface area contributed by atoms with Crippen molar-refractivity contribution in [2.45, 2.75) is 0 Å². The third kappa shape index (κ3) is 4.00. The number of pyridine rings is 1. The summed E-state index contributed by atoms with van der Waals surface area (Å²) in [5, 5.41) is 2.46. The Morgan fingerprint density at radius 1 is 1.53 bits per heavy atom. The molecule has 8 heteroatoms. The van der Waals surface area contributed by atoms with E-state index in [1.54, 1.807) is 0 Å². The van der Waals surface area contributed by atoms with Gasteiger partial charge in [-0.15, -0.1) is 0 Å². The lowest BCUT2D eigenvalue weighted by Crippen LogP contribution is -2.33. The first-order valence-electron chi connectivity index (χ1n) is 4.85. The number of aromatic nitrogens is 1. The Morgan fingerprint density at radius 2 is 2.24 bits per heavy atom. The van der Waals surface area contributed by atoms with E-state index in [0.717, 1.165) is 0 Å². The molecule has 17 heavy (non-hydrogen) atoms. The molecule has 1 heterocycles. The highest BCUT2D eigenvalue weighted by molar-refractivity contribution is 7.89. The van der Waals surface area contributed by atoms with E-state index >= 15 is 0 Å². The molecule has 1 aromatic rings. The van der Waals surface area contributed by atoms with Crippen molar-refractivity contribution in [2.24, 2.45) is 0 Å². The standard InChI is InChI=1S/C9H14N4O3S/c1-11-17(15,16)5-4-13-9(14)7-2-3-12-6-8(7)10/h2-3,6,11H,4-5,10H2,1H3,(H,13,14). The fourth-order valence-corrected chi connectivity index (χ4v) is 1.68. The van der Waals surface area contributed by atoms with Crippen LogP contribution in [0, 0.1) is 0 Å². The second kappa shape index (κ2) is 5.60. The molecule has 0 radical (unpaired) electrons. The molecule has 94 valence electrons. The lowest BCUT2D eigenvalue weighted by Gasteiger charge is -2.07. The van der Waals surface area contributed by atoms with Gasteiger partial charge in [-0.3, -0.25) is 9.78 Å². The van der Waals surface area contributed by atoms with E-state index in [2.05, 4.69) is 15.0 Å². The first-order valence-corrected chi connectivity index (χ1v) is 6.50. The molecule has 0 aliphatic carbocycles. The lowest BCUT2D eigenvalue weighted by molar-refractivity contribution is 0.0957. The van der Waals surface area contributed by atoms with Crippen LogP contribution in [0.2, 0.25) is 0 Å². The zero-order valence-corrected chi connectivity index (χ0v) is 10.1. The van der Waals surface area contributed by atoms with E-state index in [1.807, 2.05) is 0 Å². The topological polar surface area (TPSA) is 114 Å². The molecule has 0 aliphatic rings. The zero-order chi connectivity index (χ0) is 12.9. The molecule has 0 atom stereocenters. The van der Waals surface area contributed by atoms with E-state index in [1.165, 1.54) is 25.5 Å². The smallest absolute Gasteiger partial charge is 0.253 e. The number of hydrogen-bond donors (Lipinski definition) is 3. The molecular weight excluding hydrogens is 244 g/mol. The van der Waals surface area contributed by atoms with Gasteiger partial charge in [0.15, 0.2) is 0 Å². The first kappa shape index (κ1) is 13.4. The van der Waals surface area contributed by atoms with Gasteiger partial charge in [0.2, 0.25) is 10.0 Å². The minimum atomic E-state index is -3.32. The SMILES string of the molecule is CNS(=O)(=O)CCNC(=O)c1ccncc1N. The van der Waals surface area contributed by atoms with Crippen LogP contribution in [0.1, 0.15) is 10.4 Å². The Bertz CT molecular complexity index is 501. The fraction of sp³-hybridized carbons (Fsp3) is 0.333. The van der Waals surface area contributed by atoms with Gasteiger partial charge in [-0.2, -0.15) is 0 Å². The Kier molecular flexibility index (Phi) is 4.41. The first-order chi connectivity index (χ1) is 7.96. The number of nitrogen functional groups attached to an aromatic ring is 1. The number of rotatable bonds is 5. The van der Waals surface area contributed by atoms with Crippen LogP contribution in [0.5, 0.6) is 0 Å². The van der Waals surface area contributed by atoms with Crippen LogP contribution < -0.4 is 15.8 Å². The Hall–Kier alpha value is -1.67. The number of carbonyl (C=O) groups is 1. The summed E-state index contributed by atoms with van der Waals surface area (Å²) >= 11 is 0. The van der Waals surface area contributed by atoms with E-state index in [-0.39, 0.29) is 23.5 Å². The molecule has 0 fully saturated rings. The van der Waals surface area contributed by atoms with Gasteiger partial charge in [0.25, 0.3) is 5.91 Å². The van der Waals surface area contributed by atoms with Gasteiger partial charge in [-0.05, 0) is 13.1 Å². The second-order valence-electron chi connectivity index (χ2n) is 3.24. The number of nitrogens with two attached hydrogens (primary N) is 1. The van der Waals surface area contributed by atoms with E-state index in [0.29, 0.717) is 0 Å². The van der Waals surface area contributed by atoms with Crippen LogP contribution >= 0.6 is 0 Å². The molecule has 0 aromatic carbocycles. The summed E-state index contributed by atoms with van der Waals surface area (Å²) in [5.74, 6) is -0.601. The monoisotopic (exact) mass is 258 g/mol. The van der Waals surface area contributed by atoms with Gasteiger partial charge in [-0.1, -0.05) is 0 Å². The molecule has 0 saturated heterocycles. The summed E-state index contributed by atoms with van der Waals surface area (Å²) < 4.78 is 24.3. The van der Waals surface area contributed by atoms with E-state index < -0.39 is 15.9 Å². The summed E-state index contributed by atoms with van der Waals surface area (Å²) in [5.41, 5.74) is 6.08. The fourth-order valence-electron chi connectivity index (χ4n) is 1.11. The highest BCUT2D eigenvalue weighted by Crippen LogP contribution is 2.07. The summed E-state index contributed by atoms with van der Waals surface area (Å²) in [7, 11) is -2.00. The maximum Gasteiger partial charge on any atom is 0.253 e. The van der Waals surface area contributed by atoms with Gasteiger partial charge < -0.3 is 11.1 Å². The molecule has 0 bridgehead atoms. The average molecular weight is 258 g/mol. The van der Waals surface area contributed by atoms with Gasteiger partial charge in [0, 0.05) is 12.7 Å². The third-order valence-corrected chi connectivity index (χ3v) is 3.43. The Balaban J connectivity index is 2.55. The number of sulfonamides is 1. The summed E-state index contributed by atoms with van der Waals surface area (Å²) in [6, 6.07) is 1.47. The van der Waals surface area contributed by atoms with Crippen molar-refractivity contribution in [3.63, 3.8) is 0 Å². The molecule has 0 spiro atoms. The van der Waals surface area contributed by atoms with E-state index in [4.69, 9.17) is 5.73 Å². The molecule has 0 saturated carbocycles. The summed E-state index contributed by atoms with van der Waals surface area (Å²) in [6.07, 6.45) is 2.80. The van der Waals surface area contributed by atoms with Crippen molar-refractivity contribution in [3.05, 3.63) is 24.0 Å². The van der Waals surface area contributed by atoms with E-state index in [9.17, 15) is 13.2 Å². The van der Waals surface area contributed by atoms with Crippen molar-refractivity contribution < 1.29 is 13.2 Å². The molecular formula is C9H14N4O3S. The maximum atomic E-state index is 11.6. The number of nitrogens with zero attached hydrogens (tertiary/aromatic N) is 1. The van der Waals surface area contributed by atoms with Crippen LogP contribution in [0.15, 0.2) is 18.5 Å². The highest BCUT2D eigenvalue weighted by Gasteiger charge is 2.11. The molecule has 1 aromatic heterocycles. The van der Waals surface area contributed by atoms with Gasteiger partial charge >= 0.3 is 0 Å². The van der Waals surface area contributed by atoms with Crippen LogP contribution in [-0.4, -0.2) is 38.7 Å². The number of nitrogens with one attached hydrogen (secondary N) is 2. The molecule has 7 nitrogen and oxygen atoms in total. The maximum absolute atomic E-state index is 11.6. The van der Waals surface area contributed by atoms with Gasteiger partial charge in [0.05, 0.1) is 23.2 Å². The van der Waals surface area contributed by atoms with Crippen molar-refractivity contribution in [1.29, 1.82) is 0 Å². The summed E-state index contributed by atoms with van der Waals surface area (Å²) in [6.45, 7) is 0.0176. The molecule has 1 amide bonds. The quantitative estimate of drug-likeness (QED) is 0.623. The number of carbonyl (C=O) groups excluding carboxylic acids is 1. The molecule has 1 rings (SSSR count).